The van der Waals surface area contributed by atoms with Crippen LogP contribution in [-0.2, 0) is 26.2 Å². The van der Waals surface area contributed by atoms with Crippen molar-refractivity contribution in [3.63, 3.8) is 0 Å². The smallest absolute Gasteiger partial charge is 0.315 e. The van der Waals surface area contributed by atoms with Gasteiger partial charge in [-0.1, -0.05) is 29.8 Å². The molecule has 0 radical (unpaired) electrons. The number of carbonyl (C=O) groups is 1. The second-order valence-corrected chi connectivity index (χ2v) is 7.63. The zero-order valence-corrected chi connectivity index (χ0v) is 17.0. The van der Waals surface area contributed by atoms with Crippen LogP contribution < -0.4 is 16.0 Å². The third kappa shape index (κ3) is 4.39. The molecular formula is C22H18ClF2N3O3. The lowest BCUT2D eigenvalue weighted by molar-refractivity contribution is 0.208. The number of ether oxygens (including phenoxy) is 1. The highest BCUT2D eigenvalue weighted by Crippen LogP contribution is 2.25. The first-order chi connectivity index (χ1) is 14.8. The van der Waals surface area contributed by atoms with Crippen LogP contribution in [0.2, 0.25) is 5.02 Å². The number of fused-ring (bicyclic) bond motifs is 1. The Morgan fingerprint density at radius 3 is 2.61 bits per heavy atom. The predicted octanol–water partition coefficient (Wildman–Crippen LogP) is 3.80. The number of primary amides is 1. The minimum atomic E-state index is -0.740. The highest BCUT2D eigenvalue weighted by Gasteiger charge is 2.21. The van der Waals surface area contributed by atoms with Gasteiger partial charge in [0.15, 0.2) is 0 Å². The molecule has 0 atom stereocenters. The number of amides is 2. The molecule has 0 aliphatic carbocycles. The number of carbonyl (C=O) groups excluding carboxylic acids is 1. The monoisotopic (exact) mass is 445 g/mol. The summed E-state index contributed by atoms with van der Waals surface area (Å²) in [5, 5.41) is -0.133. The lowest BCUT2D eigenvalue weighted by Crippen LogP contribution is -2.30. The second kappa shape index (κ2) is 8.39. The van der Waals surface area contributed by atoms with E-state index in [2.05, 4.69) is 0 Å². The number of rotatable bonds is 5. The summed E-state index contributed by atoms with van der Waals surface area (Å²) < 4.78 is 33.7. The fourth-order valence-corrected chi connectivity index (χ4v) is 3.69. The van der Waals surface area contributed by atoms with Crippen LogP contribution in [0.3, 0.4) is 0 Å². The topological polar surface area (TPSA) is 77.6 Å². The fourth-order valence-electron chi connectivity index (χ4n) is 3.46. The summed E-state index contributed by atoms with van der Waals surface area (Å²) in [5.41, 5.74) is 7.89. The maximum absolute atomic E-state index is 13.8. The average Bonchev–Trinajstić information content (AvgIpc) is 3.16. The summed E-state index contributed by atoms with van der Waals surface area (Å²) in [5.74, 6) is -1.32. The summed E-state index contributed by atoms with van der Waals surface area (Å²) in [4.78, 5) is 25.6. The van der Waals surface area contributed by atoms with E-state index in [0.29, 0.717) is 13.1 Å². The van der Waals surface area contributed by atoms with Crippen molar-refractivity contribution in [2.24, 2.45) is 5.73 Å². The van der Waals surface area contributed by atoms with E-state index in [1.54, 1.807) is 0 Å². The van der Waals surface area contributed by atoms with E-state index in [9.17, 15) is 18.4 Å². The van der Waals surface area contributed by atoms with E-state index < -0.39 is 23.2 Å². The number of nitrogens with zero attached hydrogens (tertiary/aromatic N) is 2. The van der Waals surface area contributed by atoms with Crippen LogP contribution in [-0.4, -0.2) is 15.5 Å². The molecule has 160 valence electrons. The first-order valence-electron chi connectivity index (χ1n) is 9.42. The molecule has 2 aromatic carbocycles. The minimum absolute atomic E-state index is 0.109. The Labute approximate surface area is 181 Å². The Kier molecular flexibility index (Phi) is 5.65. The van der Waals surface area contributed by atoms with E-state index in [1.807, 2.05) is 18.2 Å². The van der Waals surface area contributed by atoms with Gasteiger partial charge in [-0.15, -0.1) is 0 Å². The average molecular weight is 446 g/mol. The van der Waals surface area contributed by atoms with Crippen molar-refractivity contribution < 1.29 is 18.3 Å². The van der Waals surface area contributed by atoms with Crippen molar-refractivity contribution >= 4 is 17.6 Å². The molecule has 2 heterocycles. The van der Waals surface area contributed by atoms with Gasteiger partial charge in [0.05, 0.1) is 6.54 Å². The van der Waals surface area contributed by atoms with Gasteiger partial charge in [0.2, 0.25) is 0 Å². The number of pyridine rings is 1. The highest BCUT2D eigenvalue weighted by atomic mass is 35.5. The first kappa shape index (κ1) is 20.9. The first-order valence-corrected chi connectivity index (χ1v) is 9.80. The van der Waals surface area contributed by atoms with Crippen LogP contribution in [0.5, 0.6) is 5.75 Å². The quantitative estimate of drug-likeness (QED) is 0.649. The number of hydrogen-bond donors (Lipinski definition) is 1. The lowest BCUT2D eigenvalue weighted by atomic mass is 10.1. The minimum Gasteiger partial charge on any atom is -0.487 e. The van der Waals surface area contributed by atoms with Crippen molar-refractivity contribution in [1.29, 1.82) is 0 Å². The fraction of sp³-hybridized carbons (Fsp3) is 0.182. The number of aromatic nitrogens is 1. The third-order valence-corrected chi connectivity index (χ3v) is 5.47. The molecule has 1 aliphatic rings. The van der Waals surface area contributed by atoms with Crippen molar-refractivity contribution in [2.75, 3.05) is 0 Å². The van der Waals surface area contributed by atoms with E-state index in [1.165, 1.54) is 27.8 Å². The van der Waals surface area contributed by atoms with Gasteiger partial charge < -0.3 is 19.9 Å². The van der Waals surface area contributed by atoms with Gasteiger partial charge in [-0.2, -0.15) is 0 Å². The normalized spacial score (nSPS) is 12.7. The molecule has 9 heteroatoms. The van der Waals surface area contributed by atoms with Crippen LogP contribution >= 0.6 is 11.6 Å². The Morgan fingerprint density at radius 2 is 1.87 bits per heavy atom. The number of halogens is 3. The van der Waals surface area contributed by atoms with Crippen LogP contribution in [0.4, 0.5) is 13.6 Å². The molecule has 31 heavy (non-hydrogen) atoms. The number of urea groups is 1. The van der Waals surface area contributed by atoms with Crippen LogP contribution in [0.15, 0.2) is 53.5 Å². The molecule has 1 aromatic heterocycles. The van der Waals surface area contributed by atoms with Crippen LogP contribution in [0.1, 0.15) is 22.3 Å². The SMILES string of the molecule is NC(=O)N1Cc2ccc(Cn3ccc(OCc4ccc(F)cc4F)c(Cl)c3=O)cc2C1. The molecule has 0 spiro atoms. The van der Waals surface area contributed by atoms with Crippen molar-refractivity contribution in [1.82, 2.24) is 9.47 Å². The summed E-state index contributed by atoms with van der Waals surface area (Å²) in [6.07, 6.45) is 1.54. The standard InChI is InChI=1S/C22H18ClF2N3O3/c23-20-19(31-12-15-3-4-17(24)8-18(15)25)5-6-27(21(20)29)9-13-1-2-14-10-28(22(26)30)11-16(14)7-13/h1-8H,9-12H2,(H2,26,30). The summed E-state index contributed by atoms with van der Waals surface area (Å²) in [6.45, 7) is 0.976. The zero-order chi connectivity index (χ0) is 22.1. The highest BCUT2D eigenvalue weighted by molar-refractivity contribution is 6.31. The van der Waals surface area contributed by atoms with E-state index in [4.69, 9.17) is 22.1 Å². The van der Waals surface area contributed by atoms with Gasteiger partial charge in [-0.05, 0) is 34.9 Å². The molecule has 0 saturated heterocycles. The molecule has 2 N–H and O–H groups in total. The Balaban J connectivity index is 1.49. The van der Waals surface area contributed by atoms with Gasteiger partial charge >= 0.3 is 6.03 Å². The Morgan fingerprint density at radius 1 is 1.10 bits per heavy atom. The van der Waals surface area contributed by atoms with E-state index in [0.717, 1.165) is 28.8 Å². The third-order valence-electron chi connectivity index (χ3n) is 5.13. The Hall–Kier alpha value is -3.39. The number of nitrogens with two attached hydrogens (primary N) is 1. The van der Waals surface area contributed by atoms with Gasteiger partial charge in [-0.3, -0.25) is 4.79 Å². The molecule has 0 fully saturated rings. The molecule has 6 nitrogen and oxygen atoms in total. The second-order valence-electron chi connectivity index (χ2n) is 7.25. The predicted molar refractivity (Wildman–Crippen MR) is 111 cm³/mol. The molecule has 0 unspecified atom stereocenters. The molecule has 0 bridgehead atoms. The van der Waals surface area contributed by atoms with Crippen LogP contribution in [0, 0.1) is 11.6 Å². The van der Waals surface area contributed by atoms with Gasteiger partial charge in [0, 0.05) is 30.9 Å². The molecule has 3 aromatic rings. The zero-order valence-electron chi connectivity index (χ0n) is 16.3. The molecule has 2 amide bonds. The van der Waals surface area contributed by atoms with Gasteiger partial charge in [0.1, 0.15) is 29.0 Å². The molecule has 4 rings (SSSR count). The van der Waals surface area contributed by atoms with E-state index >= 15 is 0 Å². The summed E-state index contributed by atoms with van der Waals surface area (Å²) in [6, 6.07) is 9.93. The number of hydrogen-bond acceptors (Lipinski definition) is 3. The maximum atomic E-state index is 13.8. The molecule has 0 saturated carbocycles. The van der Waals surface area contributed by atoms with Crippen molar-refractivity contribution in [3.8, 4) is 5.75 Å². The van der Waals surface area contributed by atoms with Gasteiger partial charge in [-0.25, -0.2) is 13.6 Å². The lowest BCUT2D eigenvalue weighted by Gasteiger charge is -2.12. The summed E-state index contributed by atoms with van der Waals surface area (Å²) >= 11 is 6.17. The van der Waals surface area contributed by atoms with E-state index in [-0.39, 0.29) is 29.5 Å². The largest absolute Gasteiger partial charge is 0.487 e. The Bertz CT molecular complexity index is 1230. The number of benzene rings is 2. The van der Waals surface area contributed by atoms with Crippen LogP contribution in [0.25, 0.3) is 0 Å². The van der Waals surface area contributed by atoms with Crippen molar-refractivity contribution in [3.05, 3.63) is 97.9 Å². The maximum Gasteiger partial charge on any atom is 0.315 e. The molecule has 1 aliphatic heterocycles. The molecular weight excluding hydrogens is 428 g/mol. The van der Waals surface area contributed by atoms with Gasteiger partial charge in [0.25, 0.3) is 5.56 Å². The van der Waals surface area contributed by atoms with Crippen molar-refractivity contribution in [2.45, 2.75) is 26.2 Å². The summed E-state index contributed by atoms with van der Waals surface area (Å²) in [7, 11) is 0.